The summed E-state index contributed by atoms with van der Waals surface area (Å²) < 4.78 is 6.39. The number of hydrogen-bond acceptors (Lipinski definition) is 8. The van der Waals surface area contributed by atoms with Gasteiger partial charge in [0.1, 0.15) is 5.82 Å². The van der Waals surface area contributed by atoms with E-state index < -0.39 is 5.69 Å². The van der Waals surface area contributed by atoms with E-state index in [-0.39, 0.29) is 27.2 Å². The maximum Gasteiger partial charge on any atom is 0.355 e. The minimum absolute atomic E-state index is 0.106. The molecule has 0 amide bonds. The molecule has 3 heterocycles. The minimum atomic E-state index is -0.636. The van der Waals surface area contributed by atoms with Gasteiger partial charge in [0.2, 0.25) is 5.95 Å². The second-order valence-electron chi connectivity index (χ2n) is 8.56. The van der Waals surface area contributed by atoms with E-state index in [1.165, 1.54) is 21.9 Å². The molecular weight excluding hydrogens is 501 g/mol. The summed E-state index contributed by atoms with van der Waals surface area (Å²) in [5, 5.41) is 4.20. The molecule has 0 saturated heterocycles. The molecule has 1 aliphatic rings. The molecule has 0 spiro atoms. The molecule has 0 fully saturated rings. The topological polar surface area (TPSA) is 111 Å². The smallest absolute Gasteiger partial charge is 0.355 e. The number of nitrogens with one attached hydrogen (secondary N) is 1. The number of para-hydroxylation sites is 1. The van der Waals surface area contributed by atoms with Crippen molar-refractivity contribution in [1.29, 1.82) is 0 Å². The van der Waals surface area contributed by atoms with Gasteiger partial charge in [-0.2, -0.15) is 9.97 Å². The molecule has 0 radical (unpaired) electrons. The van der Waals surface area contributed by atoms with Crippen LogP contribution in [0.3, 0.4) is 0 Å². The summed E-state index contributed by atoms with van der Waals surface area (Å²) >= 11 is 12.6. The van der Waals surface area contributed by atoms with Crippen molar-refractivity contribution < 1.29 is 4.74 Å². The summed E-state index contributed by atoms with van der Waals surface area (Å²) in [6.07, 6.45) is 3.48. The molecule has 9 nitrogen and oxygen atoms in total. The number of aromatic nitrogens is 4. The van der Waals surface area contributed by atoms with Crippen LogP contribution < -0.4 is 16.7 Å². The summed E-state index contributed by atoms with van der Waals surface area (Å²) in [5.74, 6) is 0.423. The molecule has 36 heavy (non-hydrogen) atoms. The normalized spacial score (nSPS) is 14.0. The summed E-state index contributed by atoms with van der Waals surface area (Å²) in [4.78, 5) is 28.2. The molecule has 1 aliphatic heterocycles. The molecule has 0 unspecified atom stereocenters. The third-order valence-electron chi connectivity index (χ3n) is 6.31. The largest absolute Gasteiger partial charge is 0.384 e. The van der Waals surface area contributed by atoms with Crippen LogP contribution in [0, 0.1) is 0 Å². The first kappa shape index (κ1) is 24.5. The van der Waals surface area contributed by atoms with E-state index in [1.54, 1.807) is 25.3 Å². The zero-order valence-electron chi connectivity index (χ0n) is 19.7. The second-order valence-corrected chi connectivity index (χ2v) is 9.37. The van der Waals surface area contributed by atoms with Gasteiger partial charge in [-0.3, -0.25) is 0 Å². The van der Waals surface area contributed by atoms with Crippen LogP contribution in [0.1, 0.15) is 11.1 Å². The fourth-order valence-corrected chi connectivity index (χ4v) is 4.97. The highest BCUT2D eigenvalue weighted by molar-refractivity contribution is 6.37. The molecular formula is C25H25Cl2N7O2. The lowest BCUT2D eigenvalue weighted by atomic mass is 10.0. The quantitative estimate of drug-likeness (QED) is 0.390. The number of rotatable bonds is 6. The summed E-state index contributed by atoms with van der Waals surface area (Å²) in [5.41, 5.74) is 9.63. The van der Waals surface area contributed by atoms with E-state index >= 15 is 0 Å². The van der Waals surface area contributed by atoms with Crippen molar-refractivity contribution >= 4 is 51.7 Å². The maximum absolute atomic E-state index is 12.9. The van der Waals surface area contributed by atoms with Crippen molar-refractivity contribution in [2.24, 2.45) is 0 Å². The van der Waals surface area contributed by atoms with Gasteiger partial charge in [-0.05, 0) is 48.2 Å². The Morgan fingerprint density at radius 2 is 1.83 bits per heavy atom. The summed E-state index contributed by atoms with van der Waals surface area (Å²) in [6, 6.07) is 11.2. The number of anilines is 3. The van der Waals surface area contributed by atoms with Crippen molar-refractivity contribution in [3.63, 3.8) is 0 Å². The Bertz CT molecular complexity index is 1470. The van der Waals surface area contributed by atoms with Gasteiger partial charge >= 0.3 is 5.69 Å². The molecule has 0 atom stereocenters. The van der Waals surface area contributed by atoms with E-state index in [4.69, 9.17) is 33.7 Å². The first-order valence-corrected chi connectivity index (χ1v) is 12.3. The Labute approximate surface area is 217 Å². The first-order valence-electron chi connectivity index (χ1n) is 11.5. The fourth-order valence-electron chi connectivity index (χ4n) is 4.40. The molecule has 2 aromatic heterocycles. The van der Waals surface area contributed by atoms with Gasteiger partial charge in [0.15, 0.2) is 5.65 Å². The van der Waals surface area contributed by atoms with Crippen LogP contribution in [0.15, 0.2) is 47.4 Å². The third kappa shape index (κ3) is 4.87. The monoisotopic (exact) mass is 525 g/mol. The molecule has 11 heteroatoms. The number of halogens is 2. The van der Waals surface area contributed by atoms with Crippen molar-refractivity contribution in [3.8, 4) is 5.69 Å². The van der Waals surface area contributed by atoms with Gasteiger partial charge in [0, 0.05) is 38.6 Å². The lowest BCUT2D eigenvalue weighted by Crippen LogP contribution is -2.29. The maximum atomic E-state index is 12.9. The van der Waals surface area contributed by atoms with Crippen LogP contribution >= 0.6 is 23.2 Å². The Balaban J connectivity index is 1.42. The number of fused-ring (bicyclic) bond motifs is 2. The van der Waals surface area contributed by atoms with Gasteiger partial charge in [-0.25, -0.2) is 14.3 Å². The highest BCUT2D eigenvalue weighted by Crippen LogP contribution is 2.30. The number of nitrogens with zero attached hydrogens (tertiary/aromatic N) is 5. The van der Waals surface area contributed by atoms with Crippen LogP contribution in [-0.2, 0) is 17.6 Å². The number of hydrogen-bond donors (Lipinski definition) is 2. The summed E-state index contributed by atoms with van der Waals surface area (Å²) in [6.45, 7) is 3.66. The van der Waals surface area contributed by atoms with Crippen molar-refractivity contribution in [1.82, 2.24) is 24.4 Å². The zero-order chi connectivity index (χ0) is 25.2. The van der Waals surface area contributed by atoms with Gasteiger partial charge in [0.25, 0.3) is 0 Å². The Kier molecular flexibility index (Phi) is 7.06. The predicted octanol–water partition coefficient (Wildman–Crippen LogP) is 3.86. The number of benzene rings is 2. The lowest BCUT2D eigenvalue weighted by Gasteiger charge is -2.18. The molecule has 5 rings (SSSR count). The van der Waals surface area contributed by atoms with Gasteiger partial charge in [0.05, 0.1) is 27.7 Å². The molecule has 186 valence electrons. The Hall–Kier alpha value is -3.24. The Morgan fingerprint density at radius 1 is 1.08 bits per heavy atom. The van der Waals surface area contributed by atoms with Crippen LogP contribution in [0.4, 0.5) is 17.5 Å². The molecule has 0 aliphatic carbocycles. The van der Waals surface area contributed by atoms with Crippen molar-refractivity contribution in [2.45, 2.75) is 12.8 Å². The average Bonchev–Trinajstić information content (AvgIpc) is 3.06. The van der Waals surface area contributed by atoms with Crippen LogP contribution in [0.25, 0.3) is 16.7 Å². The standard InChI is InChI=1S/C25H25Cl2N7O2/c1-36-12-11-33-9-7-15-5-6-17(13-16(15)8-10-33)30-24-29-14-18-22(28)34(25(35)32-23(18)31-24)21-19(26)3-2-4-20(21)27/h2-6,13-14H,7-12,28H2,1H3,(H,30,31,32,35). The highest BCUT2D eigenvalue weighted by atomic mass is 35.5. The molecule has 0 bridgehead atoms. The molecule has 0 saturated carbocycles. The Morgan fingerprint density at radius 3 is 2.58 bits per heavy atom. The second kappa shape index (κ2) is 10.4. The number of ether oxygens (including phenoxy) is 1. The average molecular weight is 526 g/mol. The van der Waals surface area contributed by atoms with E-state index in [0.29, 0.717) is 11.3 Å². The first-order chi connectivity index (χ1) is 17.4. The molecule has 2 aromatic carbocycles. The van der Waals surface area contributed by atoms with Crippen LogP contribution in [0.5, 0.6) is 0 Å². The molecule has 3 N–H and O–H groups in total. The lowest BCUT2D eigenvalue weighted by molar-refractivity contribution is 0.150. The van der Waals surface area contributed by atoms with Crippen LogP contribution in [-0.4, -0.2) is 57.8 Å². The number of methoxy groups -OCH3 is 1. The van der Waals surface area contributed by atoms with Crippen molar-refractivity contribution in [3.05, 3.63) is 74.3 Å². The van der Waals surface area contributed by atoms with Gasteiger partial charge in [-0.15, -0.1) is 0 Å². The number of nitrogens with two attached hydrogens (primary N) is 1. The third-order valence-corrected chi connectivity index (χ3v) is 6.92. The van der Waals surface area contributed by atoms with E-state index in [9.17, 15) is 4.79 Å². The minimum Gasteiger partial charge on any atom is -0.384 e. The van der Waals surface area contributed by atoms with Gasteiger partial charge < -0.3 is 20.7 Å². The van der Waals surface area contributed by atoms with Gasteiger partial charge in [-0.1, -0.05) is 35.3 Å². The zero-order valence-corrected chi connectivity index (χ0v) is 21.2. The molecule has 4 aromatic rings. The van der Waals surface area contributed by atoms with E-state index in [2.05, 4.69) is 37.3 Å². The highest BCUT2D eigenvalue weighted by Gasteiger charge is 2.18. The van der Waals surface area contributed by atoms with E-state index in [1.807, 2.05) is 6.07 Å². The fraction of sp³-hybridized carbons (Fsp3) is 0.280. The number of nitrogen functional groups attached to an aromatic ring is 1. The summed E-state index contributed by atoms with van der Waals surface area (Å²) in [7, 11) is 1.73. The van der Waals surface area contributed by atoms with Crippen molar-refractivity contribution in [2.75, 3.05) is 44.4 Å². The predicted molar refractivity (Wildman–Crippen MR) is 143 cm³/mol. The SMILES string of the molecule is COCCN1CCc2ccc(Nc3ncc4c(N)n(-c5c(Cl)cccc5Cl)c(=O)nc4n3)cc2CC1. The van der Waals surface area contributed by atoms with E-state index in [0.717, 1.165) is 44.8 Å². The van der Waals surface area contributed by atoms with Crippen LogP contribution in [0.2, 0.25) is 10.0 Å².